The number of thiophene rings is 1. The molecule has 10 heavy (non-hydrogen) atoms. The van der Waals surface area contributed by atoms with E-state index in [1.54, 1.807) is 11.4 Å². The SMILES string of the molecule is NC(=O)Cc1sccc1O. The molecule has 0 spiro atoms. The molecule has 3 nitrogen and oxygen atoms in total. The van der Waals surface area contributed by atoms with Crippen LogP contribution in [-0.2, 0) is 11.2 Å². The molecule has 0 radical (unpaired) electrons. The van der Waals surface area contributed by atoms with Gasteiger partial charge < -0.3 is 10.8 Å². The van der Waals surface area contributed by atoms with E-state index in [-0.39, 0.29) is 12.2 Å². The van der Waals surface area contributed by atoms with Crippen LogP contribution in [-0.4, -0.2) is 11.0 Å². The number of carbonyl (C=O) groups is 1. The van der Waals surface area contributed by atoms with E-state index in [2.05, 4.69) is 0 Å². The third kappa shape index (κ3) is 1.48. The lowest BCUT2D eigenvalue weighted by Crippen LogP contribution is -2.12. The van der Waals surface area contributed by atoms with E-state index in [9.17, 15) is 4.79 Å². The number of primary amides is 1. The van der Waals surface area contributed by atoms with Gasteiger partial charge in [0.2, 0.25) is 5.91 Å². The van der Waals surface area contributed by atoms with Crippen molar-refractivity contribution in [2.75, 3.05) is 0 Å². The molecule has 0 saturated heterocycles. The van der Waals surface area contributed by atoms with Crippen LogP contribution in [0.4, 0.5) is 0 Å². The van der Waals surface area contributed by atoms with Gasteiger partial charge in [-0.3, -0.25) is 4.79 Å². The minimum absolute atomic E-state index is 0.128. The topological polar surface area (TPSA) is 63.3 Å². The van der Waals surface area contributed by atoms with Crippen LogP contribution >= 0.6 is 11.3 Å². The lowest BCUT2D eigenvalue weighted by atomic mass is 10.3. The predicted molar refractivity (Wildman–Crippen MR) is 38.9 cm³/mol. The van der Waals surface area contributed by atoms with Gasteiger partial charge >= 0.3 is 0 Å². The maximum atomic E-state index is 10.3. The number of rotatable bonds is 2. The molecule has 1 aromatic rings. The summed E-state index contributed by atoms with van der Waals surface area (Å²) in [6.07, 6.45) is 0.128. The van der Waals surface area contributed by atoms with Crippen LogP contribution in [0.5, 0.6) is 5.75 Å². The van der Waals surface area contributed by atoms with Gasteiger partial charge in [0.05, 0.1) is 11.3 Å². The fraction of sp³-hybridized carbons (Fsp3) is 0.167. The Morgan fingerprint density at radius 3 is 2.90 bits per heavy atom. The van der Waals surface area contributed by atoms with Crippen LogP contribution in [0.3, 0.4) is 0 Å². The number of carbonyl (C=O) groups excluding carboxylic acids is 1. The molecule has 0 bridgehead atoms. The highest BCUT2D eigenvalue weighted by Gasteiger charge is 2.04. The minimum atomic E-state index is -0.419. The average molecular weight is 157 g/mol. The van der Waals surface area contributed by atoms with Crippen molar-refractivity contribution in [3.05, 3.63) is 16.3 Å². The van der Waals surface area contributed by atoms with Crippen molar-refractivity contribution in [3.8, 4) is 5.75 Å². The molecule has 0 aliphatic heterocycles. The van der Waals surface area contributed by atoms with E-state index >= 15 is 0 Å². The van der Waals surface area contributed by atoms with Crippen molar-refractivity contribution in [1.82, 2.24) is 0 Å². The molecule has 1 heterocycles. The molecule has 0 aromatic carbocycles. The summed E-state index contributed by atoms with van der Waals surface area (Å²) in [7, 11) is 0. The Labute approximate surface area is 62.1 Å². The zero-order chi connectivity index (χ0) is 7.56. The van der Waals surface area contributed by atoms with Gasteiger partial charge in [0.15, 0.2) is 0 Å². The highest BCUT2D eigenvalue weighted by atomic mass is 32.1. The lowest BCUT2D eigenvalue weighted by molar-refractivity contribution is -0.117. The Morgan fingerprint density at radius 2 is 2.50 bits per heavy atom. The summed E-state index contributed by atoms with van der Waals surface area (Å²) >= 11 is 1.33. The van der Waals surface area contributed by atoms with Crippen molar-refractivity contribution in [2.45, 2.75) is 6.42 Å². The molecule has 1 aromatic heterocycles. The normalized spacial score (nSPS) is 9.60. The fourth-order valence-electron chi connectivity index (χ4n) is 0.624. The minimum Gasteiger partial charge on any atom is -0.507 e. The van der Waals surface area contributed by atoms with Crippen molar-refractivity contribution in [1.29, 1.82) is 0 Å². The van der Waals surface area contributed by atoms with Crippen LogP contribution in [0.25, 0.3) is 0 Å². The Bertz CT molecular complexity index is 244. The van der Waals surface area contributed by atoms with Crippen molar-refractivity contribution >= 4 is 17.2 Å². The number of amides is 1. The molecular weight excluding hydrogens is 150 g/mol. The monoisotopic (exact) mass is 157 g/mol. The van der Waals surface area contributed by atoms with Gasteiger partial charge in [-0.05, 0) is 11.4 Å². The van der Waals surface area contributed by atoms with Crippen LogP contribution in [0.15, 0.2) is 11.4 Å². The number of nitrogens with two attached hydrogens (primary N) is 1. The Hall–Kier alpha value is -1.03. The van der Waals surface area contributed by atoms with E-state index < -0.39 is 5.91 Å². The molecule has 0 unspecified atom stereocenters. The summed E-state index contributed by atoms with van der Waals surface area (Å²) in [5, 5.41) is 10.7. The van der Waals surface area contributed by atoms with Crippen LogP contribution in [0, 0.1) is 0 Å². The third-order valence-electron chi connectivity index (χ3n) is 1.06. The first-order valence-electron chi connectivity index (χ1n) is 2.74. The zero-order valence-corrected chi connectivity index (χ0v) is 6.02. The molecule has 0 aliphatic rings. The molecule has 1 amide bonds. The summed E-state index contributed by atoms with van der Waals surface area (Å²) in [5.74, 6) is -0.262. The number of aromatic hydroxyl groups is 1. The van der Waals surface area contributed by atoms with Gasteiger partial charge in [0, 0.05) is 0 Å². The smallest absolute Gasteiger partial charge is 0.222 e. The Morgan fingerprint density at radius 1 is 1.80 bits per heavy atom. The van der Waals surface area contributed by atoms with Crippen LogP contribution in [0.1, 0.15) is 4.88 Å². The lowest BCUT2D eigenvalue weighted by Gasteiger charge is -1.91. The molecule has 0 fully saturated rings. The first-order chi connectivity index (χ1) is 4.70. The van der Waals surface area contributed by atoms with Gasteiger partial charge in [-0.1, -0.05) is 0 Å². The molecule has 0 saturated carbocycles. The highest BCUT2D eigenvalue weighted by Crippen LogP contribution is 2.22. The van der Waals surface area contributed by atoms with Gasteiger partial charge in [-0.15, -0.1) is 11.3 Å². The average Bonchev–Trinajstić information content (AvgIpc) is 2.15. The first kappa shape index (κ1) is 7.08. The van der Waals surface area contributed by atoms with Gasteiger partial charge in [-0.25, -0.2) is 0 Å². The van der Waals surface area contributed by atoms with E-state index in [0.717, 1.165) is 0 Å². The summed E-state index contributed by atoms with van der Waals surface area (Å²) in [4.78, 5) is 11.0. The van der Waals surface area contributed by atoms with Crippen LogP contribution < -0.4 is 5.73 Å². The second kappa shape index (κ2) is 2.70. The third-order valence-corrected chi connectivity index (χ3v) is 1.97. The van der Waals surface area contributed by atoms with E-state index in [4.69, 9.17) is 10.8 Å². The van der Waals surface area contributed by atoms with E-state index in [1.165, 1.54) is 11.3 Å². The van der Waals surface area contributed by atoms with Crippen molar-refractivity contribution < 1.29 is 9.90 Å². The maximum absolute atomic E-state index is 10.3. The Balaban J connectivity index is 2.74. The van der Waals surface area contributed by atoms with E-state index in [0.29, 0.717) is 4.88 Å². The summed E-state index contributed by atoms with van der Waals surface area (Å²) in [5.41, 5.74) is 4.91. The summed E-state index contributed by atoms with van der Waals surface area (Å²) in [6.45, 7) is 0. The van der Waals surface area contributed by atoms with Crippen LogP contribution in [0.2, 0.25) is 0 Å². The van der Waals surface area contributed by atoms with Gasteiger partial charge in [0.25, 0.3) is 0 Å². The van der Waals surface area contributed by atoms with Crippen molar-refractivity contribution in [3.63, 3.8) is 0 Å². The van der Waals surface area contributed by atoms with Crippen molar-refractivity contribution in [2.24, 2.45) is 5.73 Å². The molecule has 4 heteroatoms. The number of hydrogen-bond acceptors (Lipinski definition) is 3. The highest BCUT2D eigenvalue weighted by molar-refractivity contribution is 7.10. The molecule has 1 rings (SSSR count). The second-order valence-electron chi connectivity index (χ2n) is 1.87. The number of hydrogen-bond donors (Lipinski definition) is 2. The summed E-state index contributed by atoms with van der Waals surface area (Å²) < 4.78 is 0. The second-order valence-corrected chi connectivity index (χ2v) is 2.87. The molecule has 3 N–H and O–H groups in total. The predicted octanol–water partition coefficient (Wildman–Crippen LogP) is 0.482. The maximum Gasteiger partial charge on any atom is 0.222 e. The van der Waals surface area contributed by atoms with Gasteiger partial charge in [0.1, 0.15) is 5.75 Å². The molecule has 0 aliphatic carbocycles. The zero-order valence-electron chi connectivity index (χ0n) is 5.20. The standard InChI is InChI=1S/C6H7NO2S/c7-6(9)3-5-4(8)1-2-10-5/h1-2,8H,3H2,(H2,7,9). The summed E-state index contributed by atoms with van der Waals surface area (Å²) in [6, 6.07) is 1.54. The quantitative estimate of drug-likeness (QED) is 0.656. The van der Waals surface area contributed by atoms with Gasteiger partial charge in [-0.2, -0.15) is 0 Å². The van der Waals surface area contributed by atoms with E-state index in [1.807, 2.05) is 0 Å². The molecular formula is C6H7NO2S. The largest absolute Gasteiger partial charge is 0.507 e. The molecule has 0 atom stereocenters. The fourth-order valence-corrected chi connectivity index (χ4v) is 1.40. The first-order valence-corrected chi connectivity index (χ1v) is 3.62. The Kier molecular flexibility index (Phi) is 1.91. The molecule has 54 valence electrons.